The summed E-state index contributed by atoms with van der Waals surface area (Å²) in [6.45, 7) is 5.89. The Morgan fingerprint density at radius 1 is 1.31 bits per heavy atom. The monoisotopic (exact) mass is 219 g/mol. The van der Waals surface area contributed by atoms with Gasteiger partial charge in [-0.2, -0.15) is 0 Å². The van der Waals surface area contributed by atoms with Crippen LogP contribution in [0.25, 0.3) is 0 Å². The second-order valence-corrected chi connectivity index (χ2v) is 5.01. The second kappa shape index (κ2) is 4.56. The Hall–Kier alpha value is -0.860. The summed E-state index contributed by atoms with van der Waals surface area (Å²) in [5, 5.41) is 0. The maximum atomic E-state index is 5.93. The number of rotatable bonds is 4. The highest BCUT2D eigenvalue weighted by Gasteiger charge is 2.40. The molecule has 0 aromatic heterocycles. The van der Waals surface area contributed by atoms with Gasteiger partial charge < -0.3 is 10.5 Å². The van der Waals surface area contributed by atoms with E-state index in [1.165, 1.54) is 11.1 Å². The van der Waals surface area contributed by atoms with Gasteiger partial charge in [0.1, 0.15) is 0 Å². The van der Waals surface area contributed by atoms with Crippen molar-refractivity contribution in [2.45, 2.75) is 38.1 Å². The van der Waals surface area contributed by atoms with Crippen LogP contribution in [0.2, 0.25) is 0 Å². The summed E-state index contributed by atoms with van der Waals surface area (Å²) in [6.07, 6.45) is 2.11. The van der Waals surface area contributed by atoms with Crippen LogP contribution in [0.15, 0.2) is 24.3 Å². The predicted molar refractivity (Wildman–Crippen MR) is 66.6 cm³/mol. The first-order valence-corrected chi connectivity index (χ1v) is 6.09. The molecule has 1 aromatic carbocycles. The van der Waals surface area contributed by atoms with Crippen molar-refractivity contribution >= 4 is 0 Å². The molecule has 0 radical (unpaired) electrons. The molecular formula is C14H21NO. The summed E-state index contributed by atoms with van der Waals surface area (Å²) in [5.74, 6) is 0. The largest absolute Gasteiger partial charge is 0.379 e. The summed E-state index contributed by atoms with van der Waals surface area (Å²) in [7, 11) is 0. The first kappa shape index (κ1) is 11.6. The molecule has 2 rings (SSSR count). The van der Waals surface area contributed by atoms with Crippen molar-refractivity contribution in [3.8, 4) is 0 Å². The molecule has 0 amide bonds. The van der Waals surface area contributed by atoms with Crippen molar-refractivity contribution in [2.75, 3.05) is 13.2 Å². The van der Waals surface area contributed by atoms with E-state index in [-0.39, 0.29) is 11.5 Å². The fourth-order valence-electron chi connectivity index (χ4n) is 2.46. The average molecular weight is 219 g/mol. The molecule has 16 heavy (non-hydrogen) atoms. The van der Waals surface area contributed by atoms with Gasteiger partial charge in [0.25, 0.3) is 0 Å². The first-order valence-electron chi connectivity index (χ1n) is 6.09. The fraction of sp³-hybridized carbons (Fsp3) is 0.571. The lowest BCUT2D eigenvalue weighted by Gasteiger charge is -2.43. The van der Waals surface area contributed by atoms with Crippen molar-refractivity contribution < 1.29 is 4.74 Å². The predicted octanol–water partition coefficient (Wildman–Crippen LogP) is 2.25. The van der Waals surface area contributed by atoms with E-state index < -0.39 is 0 Å². The van der Waals surface area contributed by atoms with Crippen molar-refractivity contribution in [1.29, 1.82) is 0 Å². The molecule has 1 unspecified atom stereocenters. The Morgan fingerprint density at radius 2 is 1.94 bits per heavy atom. The third-order valence-corrected chi connectivity index (χ3v) is 3.44. The highest BCUT2D eigenvalue weighted by Crippen LogP contribution is 2.36. The minimum absolute atomic E-state index is 0.181. The smallest absolute Gasteiger partial charge is 0.0586 e. The fourth-order valence-corrected chi connectivity index (χ4v) is 2.46. The molecule has 88 valence electrons. The molecule has 0 spiro atoms. The van der Waals surface area contributed by atoms with Crippen LogP contribution in [0.3, 0.4) is 0 Å². The number of ether oxygens (including phenoxy) is 1. The highest BCUT2D eigenvalue weighted by molar-refractivity contribution is 5.31. The van der Waals surface area contributed by atoms with Gasteiger partial charge in [0, 0.05) is 11.5 Å². The maximum Gasteiger partial charge on any atom is 0.0586 e. The number of hydrogen-bond donors (Lipinski definition) is 1. The quantitative estimate of drug-likeness (QED) is 0.843. The zero-order valence-electron chi connectivity index (χ0n) is 10.2. The molecule has 0 bridgehead atoms. The van der Waals surface area contributed by atoms with Gasteiger partial charge >= 0.3 is 0 Å². The molecule has 1 fully saturated rings. The molecule has 1 aromatic rings. The lowest BCUT2D eigenvalue weighted by molar-refractivity contribution is -0.0665. The Bertz CT molecular complexity index is 338. The maximum absolute atomic E-state index is 5.93. The molecule has 2 N–H and O–H groups in total. The molecule has 2 heteroatoms. The summed E-state index contributed by atoms with van der Waals surface area (Å²) in [6, 6.07) is 9.15. The molecule has 1 saturated heterocycles. The minimum atomic E-state index is 0.181. The average Bonchev–Trinajstić information content (AvgIpc) is 2.23. The Balaban J connectivity index is 2.19. The van der Waals surface area contributed by atoms with E-state index in [4.69, 9.17) is 10.5 Å². The number of benzene rings is 1. The molecule has 1 atom stereocenters. The summed E-state index contributed by atoms with van der Waals surface area (Å²) >= 11 is 0. The second-order valence-electron chi connectivity index (χ2n) is 5.01. The normalized spacial score (nSPS) is 20.2. The third kappa shape index (κ3) is 2.13. The number of nitrogens with two attached hydrogens (primary N) is 1. The molecule has 0 aliphatic carbocycles. The van der Waals surface area contributed by atoms with E-state index >= 15 is 0 Å². The molecule has 0 saturated carbocycles. The Morgan fingerprint density at radius 3 is 2.31 bits per heavy atom. The van der Waals surface area contributed by atoms with Gasteiger partial charge in [-0.05, 0) is 30.9 Å². The summed E-state index contributed by atoms with van der Waals surface area (Å²) in [5.41, 5.74) is 8.88. The summed E-state index contributed by atoms with van der Waals surface area (Å²) < 4.78 is 5.39. The Labute approximate surface area is 97.8 Å². The van der Waals surface area contributed by atoms with Crippen molar-refractivity contribution in [3.05, 3.63) is 35.4 Å². The van der Waals surface area contributed by atoms with E-state index in [1.807, 2.05) is 0 Å². The van der Waals surface area contributed by atoms with E-state index in [9.17, 15) is 0 Å². The van der Waals surface area contributed by atoms with Crippen LogP contribution in [-0.2, 0) is 16.6 Å². The lowest BCUT2D eigenvalue weighted by atomic mass is 9.74. The van der Waals surface area contributed by atoms with Crippen LogP contribution in [0.5, 0.6) is 0 Å². The number of aryl methyl sites for hydroxylation is 1. The van der Waals surface area contributed by atoms with Gasteiger partial charge in [0.15, 0.2) is 0 Å². The van der Waals surface area contributed by atoms with Gasteiger partial charge in [-0.1, -0.05) is 31.2 Å². The topological polar surface area (TPSA) is 35.2 Å². The molecule has 1 heterocycles. The summed E-state index contributed by atoms with van der Waals surface area (Å²) in [4.78, 5) is 0. The lowest BCUT2D eigenvalue weighted by Crippen LogP contribution is -2.49. The minimum Gasteiger partial charge on any atom is -0.379 e. The van der Waals surface area contributed by atoms with Crippen LogP contribution in [0.1, 0.15) is 31.4 Å². The van der Waals surface area contributed by atoms with Gasteiger partial charge in [-0.3, -0.25) is 0 Å². The highest BCUT2D eigenvalue weighted by atomic mass is 16.5. The Kier molecular flexibility index (Phi) is 3.31. The van der Waals surface area contributed by atoms with Crippen molar-refractivity contribution in [3.63, 3.8) is 0 Å². The van der Waals surface area contributed by atoms with E-state index in [1.54, 1.807) is 0 Å². The van der Waals surface area contributed by atoms with Gasteiger partial charge in [0.05, 0.1) is 13.2 Å². The van der Waals surface area contributed by atoms with E-state index in [2.05, 4.69) is 38.1 Å². The standard InChI is InChI=1S/C14H21NO/c1-3-12-4-6-13(7-5-12)14(8-11(2)15)9-16-10-14/h4-7,11H,3,8-10,15H2,1-2H3. The van der Waals surface area contributed by atoms with Crippen molar-refractivity contribution in [1.82, 2.24) is 0 Å². The van der Waals surface area contributed by atoms with Crippen molar-refractivity contribution in [2.24, 2.45) is 5.73 Å². The molecule has 1 aliphatic rings. The SMILES string of the molecule is CCc1ccc(C2(CC(C)N)COC2)cc1. The van der Waals surface area contributed by atoms with E-state index in [0.29, 0.717) is 0 Å². The zero-order chi connectivity index (χ0) is 11.6. The molecule has 1 aliphatic heterocycles. The number of hydrogen-bond acceptors (Lipinski definition) is 2. The molecule has 2 nitrogen and oxygen atoms in total. The van der Waals surface area contributed by atoms with Crippen LogP contribution in [0.4, 0.5) is 0 Å². The molecular weight excluding hydrogens is 198 g/mol. The van der Waals surface area contributed by atoms with Crippen LogP contribution in [0, 0.1) is 0 Å². The zero-order valence-corrected chi connectivity index (χ0v) is 10.2. The third-order valence-electron chi connectivity index (χ3n) is 3.44. The van der Waals surface area contributed by atoms with Crippen LogP contribution >= 0.6 is 0 Å². The van der Waals surface area contributed by atoms with Gasteiger partial charge in [-0.25, -0.2) is 0 Å². The van der Waals surface area contributed by atoms with E-state index in [0.717, 1.165) is 26.1 Å². The van der Waals surface area contributed by atoms with Crippen LogP contribution in [-0.4, -0.2) is 19.3 Å². The first-order chi connectivity index (χ1) is 7.66. The van der Waals surface area contributed by atoms with Gasteiger partial charge in [0.2, 0.25) is 0 Å². The van der Waals surface area contributed by atoms with Crippen LogP contribution < -0.4 is 5.73 Å². The van der Waals surface area contributed by atoms with Gasteiger partial charge in [-0.15, -0.1) is 0 Å².